The van der Waals surface area contributed by atoms with Crippen LogP contribution in [0.1, 0.15) is 47.9 Å². The van der Waals surface area contributed by atoms with Gasteiger partial charge in [-0.1, -0.05) is 72.5 Å². The van der Waals surface area contributed by atoms with Crippen LogP contribution in [0.15, 0.2) is 109 Å². The highest BCUT2D eigenvalue weighted by molar-refractivity contribution is 6.01. The van der Waals surface area contributed by atoms with Gasteiger partial charge in [0, 0.05) is 48.8 Å². The van der Waals surface area contributed by atoms with E-state index in [-0.39, 0.29) is 23.6 Å². The molecule has 0 bridgehead atoms. The van der Waals surface area contributed by atoms with Gasteiger partial charge in [-0.05, 0) is 73.2 Å². The molecule has 250 valence electrons. The molecule has 2 aliphatic heterocycles. The molecule has 50 heavy (non-hydrogen) atoms. The lowest BCUT2D eigenvalue weighted by molar-refractivity contribution is -0.132. The number of nitrogens with zero attached hydrogens (tertiary/aromatic N) is 4. The van der Waals surface area contributed by atoms with Crippen molar-refractivity contribution in [1.82, 2.24) is 19.8 Å². The SMILES string of the molecule is O=C(Nc1ccc(C#Cc2ccc(NC(=O)[C@@H]3CCCN3C(=O)/C=C/c3ccccc3)nc2)cn1)[C@@H]1CCCN1C(=O)/C=C/c1ccccc1. The topological polar surface area (TPSA) is 125 Å². The highest BCUT2D eigenvalue weighted by Crippen LogP contribution is 2.21. The summed E-state index contributed by atoms with van der Waals surface area (Å²) >= 11 is 0. The van der Waals surface area contributed by atoms with Crippen LogP contribution in [0.2, 0.25) is 0 Å². The van der Waals surface area contributed by atoms with Crippen LogP contribution in [0.3, 0.4) is 0 Å². The Hall–Kier alpha value is -6.34. The maximum absolute atomic E-state index is 13.0. The van der Waals surface area contributed by atoms with Crippen molar-refractivity contribution in [2.45, 2.75) is 37.8 Å². The summed E-state index contributed by atoms with van der Waals surface area (Å²) in [4.78, 5) is 63.6. The van der Waals surface area contributed by atoms with E-state index >= 15 is 0 Å². The molecule has 0 unspecified atom stereocenters. The summed E-state index contributed by atoms with van der Waals surface area (Å²) in [5.74, 6) is 5.85. The third-order valence-electron chi connectivity index (χ3n) is 8.49. The summed E-state index contributed by atoms with van der Waals surface area (Å²) in [5.41, 5.74) is 3.10. The normalized spacial score (nSPS) is 17.0. The first-order valence-electron chi connectivity index (χ1n) is 16.6. The molecule has 2 aliphatic rings. The Morgan fingerprint density at radius 3 is 1.40 bits per heavy atom. The molecule has 6 rings (SSSR count). The van der Waals surface area contributed by atoms with E-state index in [1.54, 1.807) is 58.6 Å². The molecular weight excluding hydrogens is 628 g/mol. The molecule has 10 heteroatoms. The van der Waals surface area contributed by atoms with Crippen LogP contribution in [0.25, 0.3) is 12.2 Å². The minimum absolute atomic E-state index is 0.199. The quantitative estimate of drug-likeness (QED) is 0.198. The molecule has 4 amide bonds. The average molecular weight is 665 g/mol. The van der Waals surface area contributed by atoms with Crippen LogP contribution >= 0.6 is 0 Å². The Morgan fingerprint density at radius 2 is 1.02 bits per heavy atom. The number of benzene rings is 2. The van der Waals surface area contributed by atoms with Crippen molar-refractivity contribution < 1.29 is 19.2 Å². The molecule has 0 radical (unpaired) electrons. The van der Waals surface area contributed by atoms with Gasteiger partial charge in [0.15, 0.2) is 0 Å². The third kappa shape index (κ3) is 8.76. The number of pyridine rings is 2. The number of likely N-dealkylation sites (tertiary alicyclic amines) is 2. The van der Waals surface area contributed by atoms with Gasteiger partial charge in [0.25, 0.3) is 0 Å². The molecule has 0 aliphatic carbocycles. The first-order chi connectivity index (χ1) is 24.4. The van der Waals surface area contributed by atoms with E-state index < -0.39 is 12.1 Å². The van der Waals surface area contributed by atoms with Gasteiger partial charge in [-0.15, -0.1) is 0 Å². The monoisotopic (exact) mass is 664 g/mol. The molecule has 2 aromatic carbocycles. The Labute approximate surface area is 290 Å². The van der Waals surface area contributed by atoms with E-state index in [0.717, 1.165) is 24.0 Å². The molecule has 2 N–H and O–H groups in total. The Balaban J connectivity index is 0.993. The van der Waals surface area contributed by atoms with Gasteiger partial charge in [-0.3, -0.25) is 19.2 Å². The molecule has 10 nitrogen and oxygen atoms in total. The van der Waals surface area contributed by atoms with Gasteiger partial charge in [0.1, 0.15) is 23.7 Å². The smallest absolute Gasteiger partial charge is 0.248 e. The fraction of sp³-hybridized carbons (Fsp3) is 0.200. The molecule has 2 aromatic heterocycles. The molecule has 4 heterocycles. The number of nitrogens with one attached hydrogen (secondary N) is 2. The number of carbonyl (C=O) groups is 4. The van der Waals surface area contributed by atoms with Crippen LogP contribution in [-0.2, 0) is 19.2 Å². The minimum atomic E-state index is -0.564. The number of hydrogen-bond donors (Lipinski definition) is 2. The first-order valence-corrected chi connectivity index (χ1v) is 16.6. The van der Waals surface area contributed by atoms with Crippen LogP contribution in [0.5, 0.6) is 0 Å². The molecule has 4 aromatic rings. The second-order valence-electron chi connectivity index (χ2n) is 12.0. The summed E-state index contributed by atoms with van der Waals surface area (Å²) in [6, 6.07) is 24.8. The third-order valence-corrected chi connectivity index (χ3v) is 8.49. The molecule has 2 atom stereocenters. The molecule has 2 saturated heterocycles. The lowest BCUT2D eigenvalue weighted by Crippen LogP contribution is -2.42. The summed E-state index contributed by atoms with van der Waals surface area (Å²) in [6.07, 6.45) is 12.3. The molecule has 0 spiro atoms. The van der Waals surface area contributed by atoms with Gasteiger partial charge in [-0.2, -0.15) is 0 Å². The summed E-state index contributed by atoms with van der Waals surface area (Å²) in [7, 11) is 0. The maximum Gasteiger partial charge on any atom is 0.248 e. The van der Waals surface area contributed by atoms with E-state index in [2.05, 4.69) is 32.4 Å². The van der Waals surface area contributed by atoms with Crippen LogP contribution in [-0.4, -0.2) is 68.6 Å². The van der Waals surface area contributed by atoms with Crippen molar-refractivity contribution in [3.63, 3.8) is 0 Å². The minimum Gasteiger partial charge on any atom is -0.327 e. The number of aromatic nitrogens is 2. The molecular formula is C40H36N6O4. The number of rotatable bonds is 8. The van der Waals surface area contributed by atoms with Gasteiger partial charge < -0.3 is 20.4 Å². The fourth-order valence-electron chi connectivity index (χ4n) is 5.91. The van der Waals surface area contributed by atoms with E-state index in [4.69, 9.17) is 0 Å². The van der Waals surface area contributed by atoms with Crippen molar-refractivity contribution in [3.05, 3.63) is 132 Å². The number of amides is 4. The Morgan fingerprint density at radius 1 is 0.600 bits per heavy atom. The zero-order valence-corrected chi connectivity index (χ0v) is 27.4. The molecule has 0 saturated carbocycles. The maximum atomic E-state index is 13.0. The summed E-state index contributed by atoms with van der Waals surface area (Å²) < 4.78 is 0. The zero-order chi connectivity index (χ0) is 34.7. The van der Waals surface area contributed by atoms with Crippen LogP contribution in [0, 0.1) is 11.8 Å². The second-order valence-corrected chi connectivity index (χ2v) is 12.0. The summed E-state index contributed by atoms with van der Waals surface area (Å²) in [5, 5.41) is 5.64. The van der Waals surface area contributed by atoms with Crippen molar-refractivity contribution in [1.29, 1.82) is 0 Å². The Bertz CT molecular complexity index is 1810. The summed E-state index contributed by atoms with van der Waals surface area (Å²) in [6.45, 7) is 1.04. The van der Waals surface area contributed by atoms with Gasteiger partial charge in [-0.25, -0.2) is 9.97 Å². The lowest BCUT2D eigenvalue weighted by Gasteiger charge is -2.22. The van der Waals surface area contributed by atoms with E-state index in [9.17, 15) is 19.2 Å². The number of anilines is 2. The van der Waals surface area contributed by atoms with Gasteiger partial charge in [0.05, 0.1) is 0 Å². The predicted octanol–water partition coefficient (Wildman–Crippen LogP) is 5.16. The van der Waals surface area contributed by atoms with Crippen molar-refractivity contribution in [2.24, 2.45) is 0 Å². The fourth-order valence-corrected chi connectivity index (χ4v) is 5.91. The highest BCUT2D eigenvalue weighted by Gasteiger charge is 2.34. The van der Waals surface area contributed by atoms with E-state index in [1.165, 1.54) is 12.2 Å². The molecule has 2 fully saturated rings. The number of carbonyl (C=O) groups excluding carboxylic acids is 4. The van der Waals surface area contributed by atoms with Crippen molar-refractivity contribution in [3.8, 4) is 11.8 Å². The van der Waals surface area contributed by atoms with Gasteiger partial charge in [0.2, 0.25) is 23.6 Å². The standard InChI is InChI=1S/C40H36N6O4/c47-37(23-19-29-9-3-1-4-10-29)45-25-7-13-33(45)39(49)43-35-21-17-31(27-41-35)15-16-32-18-22-36(42-28-32)44-40(50)34-14-8-26-46(34)38(48)24-20-30-11-5-2-6-12-30/h1-6,9-12,17-24,27-28,33-34H,7-8,13-14,25-26H2,(H,41,43,49)(H,42,44,50)/b23-19+,24-20+/t33-,34-/m0/s1. The van der Waals surface area contributed by atoms with Gasteiger partial charge >= 0.3 is 0 Å². The second kappa shape index (κ2) is 16.2. The van der Waals surface area contributed by atoms with E-state index in [0.29, 0.717) is 48.7 Å². The van der Waals surface area contributed by atoms with Crippen LogP contribution < -0.4 is 10.6 Å². The van der Waals surface area contributed by atoms with Crippen molar-refractivity contribution in [2.75, 3.05) is 23.7 Å². The Kier molecular flexibility index (Phi) is 10.9. The zero-order valence-electron chi connectivity index (χ0n) is 27.4. The van der Waals surface area contributed by atoms with E-state index in [1.807, 2.05) is 60.7 Å². The van der Waals surface area contributed by atoms with Crippen LogP contribution in [0.4, 0.5) is 11.6 Å². The number of hydrogen-bond acceptors (Lipinski definition) is 6. The average Bonchev–Trinajstić information content (AvgIpc) is 3.86. The van der Waals surface area contributed by atoms with Crippen molar-refractivity contribution >= 4 is 47.4 Å². The predicted molar refractivity (Wildman–Crippen MR) is 192 cm³/mol. The highest BCUT2D eigenvalue weighted by atomic mass is 16.2. The first kappa shape index (κ1) is 33.6. The lowest BCUT2D eigenvalue weighted by atomic mass is 10.2. The largest absolute Gasteiger partial charge is 0.327 e.